The molecule has 0 aromatic heterocycles. The van der Waals surface area contributed by atoms with Crippen LogP contribution in [0.2, 0.25) is 0 Å². The molecular weight excluding hydrogens is 344 g/mol. The van der Waals surface area contributed by atoms with Gasteiger partial charge in [0.2, 0.25) is 0 Å². The molecule has 2 N–H and O–H groups in total. The van der Waals surface area contributed by atoms with Crippen LogP contribution in [0.5, 0.6) is 5.75 Å². The van der Waals surface area contributed by atoms with Crippen LogP contribution in [0.25, 0.3) is 0 Å². The van der Waals surface area contributed by atoms with Gasteiger partial charge in [0.05, 0.1) is 6.42 Å². The van der Waals surface area contributed by atoms with Crippen molar-refractivity contribution in [1.29, 1.82) is 0 Å². The van der Waals surface area contributed by atoms with Crippen LogP contribution < -0.4 is 0 Å². The number of phenolic OH excluding ortho intramolecular Hbond substituents is 1. The largest absolute Gasteiger partial charge is 0.508 e. The van der Waals surface area contributed by atoms with Crippen LogP contribution in [0.1, 0.15) is 38.3 Å². The van der Waals surface area contributed by atoms with Gasteiger partial charge >= 0.3 is 11.9 Å². The molecule has 0 unspecified atom stereocenters. The van der Waals surface area contributed by atoms with E-state index in [1.54, 1.807) is 12.1 Å². The zero-order valence-electron chi connectivity index (χ0n) is 15.9. The Morgan fingerprint density at radius 3 is 2.00 bits per heavy atom. The molecule has 0 aliphatic carbocycles. The van der Waals surface area contributed by atoms with Gasteiger partial charge in [0.25, 0.3) is 0 Å². The quantitative estimate of drug-likeness (QED) is 0.585. The number of aromatic hydroxyl groups is 1. The van der Waals surface area contributed by atoms with E-state index in [4.69, 9.17) is 5.11 Å². The predicted octanol–water partition coefficient (Wildman–Crippen LogP) is 4.30. The van der Waals surface area contributed by atoms with Crippen molar-refractivity contribution in [3.8, 4) is 5.75 Å². The van der Waals surface area contributed by atoms with Crippen LogP contribution in [0, 0.1) is 0 Å². The maximum Gasteiger partial charge on any atom is 0.333 e. The highest BCUT2D eigenvalue weighted by atomic mass is 16.5. The number of carbonyl (C=O) groups excluding carboxylic acids is 1. The first-order chi connectivity index (χ1) is 12.6. The smallest absolute Gasteiger partial charge is 0.333 e. The maximum atomic E-state index is 10.6. The van der Waals surface area contributed by atoms with Gasteiger partial charge in [0.1, 0.15) is 12.4 Å². The Morgan fingerprint density at radius 2 is 1.52 bits per heavy atom. The van der Waals surface area contributed by atoms with E-state index in [1.807, 2.05) is 18.2 Å². The summed E-state index contributed by atoms with van der Waals surface area (Å²) in [6.07, 6.45) is -0.168. The second kappa shape index (κ2) is 10.2. The van der Waals surface area contributed by atoms with Crippen LogP contribution in [-0.2, 0) is 19.7 Å². The number of carboxylic acids is 1. The lowest BCUT2D eigenvalue weighted by atomic mass is 9.78. The van der Waals surface area contributed by atoms with Crippen LogP contribution >= 0.6 is 0 Å². The molecule has 0 atom stereocenters. The Labute approximate surface area is 159 Å². The van der Waals surface area contributed by atoms with Gasteiger partial charge in [-0.15, -0.1) is 0 Å². The normalized spacial score (nSPS) is 10.3. The monoisotopic (exact) mass is 370 g/mol. The number of aliphatic carboxylic acids is 1. The first kappa shape index (κ1) is 22.0. The van der Waals surface area contributed by atoms with Crippen molar-refractivity contribution >= 4 is 11.9 Å². The Morgan fingerprint density at radius 1 is 1.00 bits per heavy atom. The minimum atomic E-state index is -0.987. The Hall–Kier alpha value is -3.08. The molecular formula is C22H26O5. The minimum absolute atomic E-state index is 0.0328. The zero-order chi connectivity index (χ0) is 20.4. The van der Waals surface area contributed by atoms with Crippen LogP contribution in [0.3, 0.4) is 0 Å². The number of benzene rings is 2. The molecule has 0 saturated heterocycles. The number of carbonyl (C=O) groups is 2. The van der Waals surface area contributed by atoms with Crippen molar-refractivity contribution in [3.05, 3.63) is 77.9 Å². The van der Waals surface area contributed by atoms with Gasteiger partial charge in [-0.2, -0.15) is 0 Å². The average molecular weight is 370 g/mol. The van der Waals surface area contributed by atoms with E-state index in [-0.39, 0.29) is 24.0 Å². The van der Waals surface area contributed by atoms with E-state index in [2.05, 4.69) is 49.4 Å². The third-order valence-electron chi connectivity index (χ3n) is 3.98. The van der Waals surface area contributed by atoms with Gasteiger partial charge in [-0.3, -0.25) is 4.79 Å². The fourth-order valence-electron chi connectivity index (χ4n) is 2.25. The standard InChI is InChI=1S/C15H16O.C7H10O4/c1-15(2,12-6-4-3-5-7-12)13-8-10-14(16)11-9-13;1-5(2)7(10)11-4-3-6(8)9/h3-11,16H,1-2H3;1,3-4H2,2H3,(H,8,9). The molecule has 0 radical (unpaired) electrons. The number of rotatable bonds is 6. The van der Waals surface area contributed by atoms with E-state index in [0.717, 1.165) is 0 Å². The first-order valence-corrected chi connectivity index (χ1v) is 8.54. The average Bonchev–Trinajstić information content (AvgIpc) is 2.63. The molecule has 5 heteroatoms. The summed E-state index contributed by atoms with van der Waals surface area (Å²) in [4.78, 5) is 20.5. The molecule has 0 spiro atoms. The second-order valence-corrected chi connectivity index (χ2v) is 6.60. The minimum Gasteiger partial charge on any atom is -0.508 e. The Bertz CT molecular complexity index is 761. The fraction of sp³-hybridized carbons (Fsp3) is 0.273. The molecule has 2 aromatic carbocycles. The summed E-state index contributed by atoms with van der Waals surface area (Å²) >= 11 is 0. The summed E-state index contributed by atoms with van der Waals surface area (Å²) < 4.78 is 4.49. The molecule has 0 bridgehead atoms. The van der Waals surface area contributed by atoms with Gasteiger partial charge in [0, 0.05) is 11.0 Å². The summed E-state index contributed by atoms with van der Waals surface area (Å²) in [6, 6.07) is 17.8. The number of hydrogen-bond donors (Lipinski definition) is 2. The summed E-state index contributed by atoms with van der Waals surface area (Å²) in [6.45, 7) is 9.12. The number of ether oxygens (including phenoxy) is 1. The van der Waals surface area contributed by atoms with Gasteiger partial charge in [0.15, 0.2) is 0 Å². The van der Waals surface area contributed by atoms with Gasteiger partial charge in [-0.05, 0) is 30.2 Å². The molecule has 0 aliphatic rings. The highest BCUT2D eigenvalue weighted by molar-refractivity contribution is 5.87. The van der Waals surface area contributed by atoms with E-state index in [1.165, 1.54) is 18.1 Å². The van der Waals surface area contributed by atoms with Crippen LogP contribution in [0.4, 0.5) is 0 Å². The van der Waals surface area contributed by atoms with Crippen molar-refractivity contribution in [2.75, 3.05) is 6.61 Å². The van der Waals surface area contributed by atoms with E-state index >= 15 is 0 Å². The molecule has 0 fully saturated rings. The molecule has 0 saturated carbocycles. The molecule has 2 aromatic rings. The number of carboxylic acid groups (broad SMARTS) is 1. The fourth-order valence-corrected chi connectivity index (χ4v) is 2.25. The molecule has 2 rings (SSSR count). The van der Waals surface area contributed by atoms with E-state index in [9.17, 15) is 14.7 Å². The number of esters is 1. The number of phenols is 1. The molecule has 27 heavy (non-hydrogen) atoms. The van der Waals surface area contributed by atoms with Gasteiger partial charge < -0.3 is 14.9 Å². The highest BCUT2D eigenvalue weighted by Gasteiger charge is 2.22. The van der Waals surface area contributed by atoms with Crippen LogP contribution in [-0.4, -0.2) is 28.8 Å². The lowest BCUT2D eigenvalue weighted by Crippen LogP contribution is -2.18. The molecule has 0 amide bonds. The second-order valence-electron chi connectivity index (χ2n) is 6.60. The van der Waals surface area contributed by atoms with E-state index in [0.29, 0.717) is 5.75 Å². The molecule has 144 valence electrons. The third-order valence-corrected chi connectivity index (χ3v) is 3.98. The van der Waals surface area contributed by atoms with Gasteiger partial charge in [-0.1, -0.05) is 62.9 Å². The number of hydrogen-bond acceptors (Lipinski definition) is 4. The third kappa shape index (κ3) is 7.36. The summed E-state index contributed by atoms with van der Waals surface area (Å²) in [7, 11) is 0. The van der Waals surface area contributed by atoms with Gasteiger partial charge in [-0.25, -0.2) is 4.79 Å². The van der Waals surface area contributed by atoms with Crippen LogP contribution in [0.15, 0.2) is 66.7 Å². The SMILES string of the molecule is C=C(C)C(=O)OCCC(=O)O.CC(C)(c1ccccc1)c1ccc(O)cc1. The van der Waals surface area contributed by atoms with Crippen molar-refractivity contribution in [2.24, 2.45) is 0 Å². The molecule has 5 nitrogen and oxygen atoms in total. The molecule has 0 heterocycles. The first-order valence-electron chi connectivity index (χ1n) is 8.54. The predicted molar refractivity (Wildman–Crippen MR) is 105 cm³/mol. The summed E-state index contributed by atoms with van der Waals surface area (Å²) in [5.41, 5.74) is 2.72. The topological polar surface area (TPSA) is 83.8 Å². The van der Waals surface area contributed by atoms with Crippen molar-refractivity contribution in [2.45, 2.75) is 32.6 Å². The zero-order valence-corrected chi connectivity index (χ0v) is 15.9. The van der Waals surface area contributed by atoms with Crippen molar-refractivity contribution in [1.82, 2.24) is 0 Å². The highest BCUT2D eigenvalue weighted by Crippen LogP contribution is 2.31. The summed E-state index contributed by atoms with van der Waals surface area (Å²) in [5.74, 6) is -1.22. The Kier molecular flexibility index (Phi) is 8.27. The lowest BCUT2D eigenvalue weighted by molar-refractivity contribution is -0.143. The van der Waals surface area contributed by atoms with Crippen molar-refractivity contribution in [3.63, 3.8) is 0 Å². The van der Waals surface area contributed by atoms with E-state index < -0.39 is 11.9 Å². The lowest BCUT2D eigenvalue weighted by Gasteiger charge is -2.26. The maximum absolute atomic E-state index is 10.6. The Balaban J connectivity index is 0.000000293. The summed E-state index contributed by atoms with van der Waals surface area (Å²) in [5, 5.41) is 17.4. The molecule has 0 aliphatic heterocycles. The van der Waals surface area contributed by atoms with Crippen molar-refractivity contribution < 1.29 is 24.5 Å².